The van der Waals surface area contributed by atoms with E-state index in [0.29, 0.717) is 24.5 Å². The lowest BCUT2D eigenvalue weighted by Gasteiger charge is -2.30. The first-order chi connectivity index (χ1) is 12.9. The Morgan fingerprint density at radius 3 is 3.04 bits per heavy atom. The van der Waals surface area contributed by atoms with Crippen molar-refractivity contribution < 1.29 is 14.3 Å². The maximum absolute atomic E-state index is 12.1. The van der Waals surface area contributed by atoms with Crippen molar-refractivity contribution in [2.75, 3.05) is 39.4 Å². The van der Waals surface area contributed by atoms with Gasteiger partial charge in [0.15, 0.2) is 0 Å². The Labute approximate surface area is 164 Å². The molecule has 4 atom stereocenters. The highest BCUT2D eigenvalue weighted by molar-refractivity contribution is 5.77. The number of unbranched alkanes of at least 4 members (excludes halogenated alkanes) is 1. The molecule has 0 aromatic carbocycles. The molecule has 0 aliphatic carbocycles. The van der Waals surface area contributed by atoms with Gasteiger partial charge in [-0.25, -0.2) is 0 Å². The van der Waals surface area contributed by atoms with Crippen LogP contribution in [-0.4, -0.2) is 61.9 Å². The van der Waals surface area contributed by atoms with Gasteiger partial charge in [0.25, 0.3) is 0 Å². The molecule has 0 radical (unpaired) electrons. The number of carbonyl (C=O) groups excluding carboxylic acids is 1. The zero-order valence-corrected chi connectivity index (χ0v) is 17.5. The van der Waals surface area contributed by atoms with E-state index in [-0.39, 0.29) is 23.5 Å². The highest BCUT2D eigenvalue weighted by Gasteiger charge is 2.62. The van der Waals surface area contributed by atoms with Gasteiger partial charge in [0.1, 0.15) is 6.61 Å². The van der Waals surface area contributed by atoms with Crippen molar-refractivity contribution in [1.82, 2.24) is 10.2 Å². The van der Waals surface area contributed by atoms with Crippen LogP contribution >= 0.6 is 0 Å². The molecule has 1 N–H and O–H groups in total. The number of rotatable bonds is 11. The fourth-order valence-corrected chi connectivity index (χ4v) is 5.43. The van der Waals surface area contributed by atoms with E-state index in [4.69, 9.17) is 9.47 Å². The summed E-state index contributed by atoms with van der Waals surface area (Å²) >= 11 is 0. The third kappa shape index (κ3) is 4.75. The number of carbonyl (C=O) groups is 1. The van der Waals surface area contributed by atoms with Crippen LogP contribution in [0.1, 0.15) is 52.9 Å². The summed E-state index contributed by atoms with van der Waals surface area (Å²) in [4.78, 5) is 14.7. The number of hydrogen-bond donors (Lipinski definition) is 1. The molecule has 0 unspecified atom stereocenters. The molecule has 3 saturated heterocycles. The van der Waals surface area contributed by atoms with Gasteiger partial charge in [0.2, 0.25) is 5.91 Å². The number of nitrogens with zero attached hydrogens (tertiary/aromatic N) is 1. The topological polar surface area (TPSA) is 50.8 Å². The SMILES string of the molecule is C=CCC(C)(C)CN1C[C@@H]2[C@H](CNC(=O)COCCCC)[C@H]3CC[C@]2(C1)O3. The van der Waals surface area contributed by atoms with Crippen LogP contribution in [-0.2, 0) is 14.3 Å². The Kier molecular flexibility index (Phi) is 6.65. The zero-order chi connectivity index (χ0) is 19.5. The molecule has 3 rings (SSSR count). The van der Waals surface area contributed by atoms with Crippen molar-refractivity contribution in [1.29, 1.82) is 0 Å². The second-order valence-corrected chi connectivity index (χ2v) is 9.57. The molecule has 0 aromatic heterocycles. The summed E-state index contributed by atoms with van der Waals surface area (Å²) in [7, 11) is 0. The molecule has 3 aliphatic heterocycles. The summed E-state index contributed by atoms with van der Waals surface area (Å²) in [6.45, 7) is 15.4. The van der Waals surface area contributed by atoms with Gasteiger partial charge < -0.3 is 14.8 Å². The van der Waals surface area contributed by atoms with Crippen LogP contribution in [0.5, 0.6) is 0 Å². The van der Waals surface area contributed by atoms with Crippen LogP contribution in [0, 0.1) is 17.3 Å². The number of hydrogen-bond acceptors (Lipinski definition) is 4. The molecule has 5 nitrogen and oxygen atoms in total. The minimum atomic E-state index is 0.00453. The molecule has 1 spiro atoms. The largest absolute Gasteiger partial charge is 0.372 e. The molecule has 3 heterocycles. The van der Waals surface area contributed by atoms with Gasteiger partial charge >= 0.3 is 0 Å². The molecule has 0 saturated carbocycles. The van der Waals surface area contributed by atoms with Gasteiger partial charge in [-0.15, -0.1) is 6.58 Å². The number of nitrogens with one attached hydrogen (secondary N) is 1. The number of likely N-dealkylation sites (tertiary alicyclic amines) is 1. The van der Waals surface area contributed by atoms with Crippen LogP contribution in [0.2, 0.25) is 0 Å². The van der Waals surface area contributed by atoms with E-state index < -0.39 is 0 Å². The Hall–Kier alpha value is -0.910. The van der Waals surface area contributed by atoms with Crippen LogP contribution in [0.4, 0.5) is 0 Å². The Bertz CT molecular complexity index is 536. The maximum Gasteiger partial charge on any atom is 0.246 e. The number of allylic oxidation sites excluding steroid dienone is 1. The summed E-state index contributed by atoms with van der Waals surface area (Å²) < 4.78 is 11.9. The normalized spacial score (nSPS) is 32.6. The average molecular weight is 379 g/mol. The fraction of sp³-hybridized carbons (Fsp3) is 0.864. The average Bonchev–Trinajstić information content (AvgIpc) is 3.24. The van der Waals surface area contributed by atoms with E-state index in [0.717, 1.165) is 51.9 Å². The van der Waals surface area contributed by atoms with E-state index >= 15 is 0 Å². The Balaban J connectivity index is 1.50. The van der Waals surface area contributed by atoms with Crippen LogP contribution in [0.3, 0.4) is 0 Å². The lowest BCUT2D eigenvalue weighted by atomic mass is 9.73. The van der Waals surface area contributed by atoms with Gasteiger partial charge in [-0.2, -0.15) is 0 Å². The predicted molar refractivity (Wildman–Crippen MR) is 108 cm³/mol. The van der Waals surface area contributed by atoms with Crippen molar-refractivity contribution >= 4 is 5.91 Å². The number of ether oxygens (including phenoxy) is 2. The Morgan fingerprint density at radius 2 is 2.30 bits per heavy atom. The molecular formula is C22H38N2O3. The van der Waals surface area contributed by atoms with E-state index in [2.05, 4.69) is 37.6 Å². The standard InChI is InChI=1S/C22H38N2O3/c1-5-7-11-26-14-20(25)23-12-17-18-13-24(15-21(3,4)9-6-2)16-22(18)10-8-19(17)27-22/h6,17-19H,2,5,7-16H2,1,3-4H3,(H,23,25)/t17-,18+,19+,22+/m0/s1. The van der Waals surface area contributed by atoms with Crippen molar-refractivity contribution in [3.05, 3.63) is 12.7 Å². The van der Waals surface area contributed by atoms with E-state index in [1.165, 1.54) is 6.42 Å². The summed E-state index contributed by atoms with van der Waals surface area (Å²) in [5.74, 6) is 0.979. The Morgan fingerprint density at radius 1 is 1.48 bits per heavy atom. The first kappa shape index (κ1) is 20.8. The first-order valence-corrected chi connectivity index (χ1v) is 10.7. The van der Waals surface area contributed by atoms with Gasteiger partial charge in [-0.1, -0.05) is 33.3 Å². The molecule has 3 aliphatic rings. The summed E-state index contributed by atoms with van der Waals surface area (Å²) in [6, 6.07) is 0. The molecule has 3 fully saturated rings. The lowest BCUT2D eigenvalue weighted by Crippen LogP contribution is -2.42. The van der Waals surface area contributed by atoms with Gasteiger partial charge in [0, 0.05) is 44.6 Å². The van der Waals surface area contributed by atoms with Gasteiger partial charge in [-0.05, 0) is 31.1 Å². The summed E-state index contributed by atoms with van der Waals surface area (Å²) in [5, 5.41) is 3.10. The molecule has 5 heteroatoms. The molecule has 0 aromatic rings. The molecule has 154 valence electrons. The molecule has 2 bridgehead atoms. The van der Waals surface area contributed by atoms with Crippen molar-refractivity contribution in [3.8, 4) is 0 Å². The van der Waals surface area contributed by atoms with Gasteiger partial charge in [-0.3, -0.25) is 9.69 Å². The fourth-order valence-electron chi connectivity index (χ4n) is 5.43. The number of fused-ring (bicyclic) bond motifs is 1. The molecule has 1 amide bonds. The van der Waals surface area contributed by atoms with E-state index in [1.807, 2.05) is 6.08 Å². The van der Waals surface area contributed by atoms with E-state index in [9.17, 15) is 4.79 Å². The lowest BCUT2D eigenvalue weighted by molar-refractivity contribution is -0.126. The summed E-state index contributed by atoms with van der Waals surface area (Å²) in [5.41, 5.74) is 0.274. The smallest absolute Gasteiger partial charge is 0.246 e. The first-order valence-electron chi connectivity index (χ1n) is 10.7. The maximum atomic E-state index is 12.1. The quantitative estimate of drug-likeness (QED) is 0.444. The van der Waals surface area contributed by atoms with Crippen LogP contribution < -0.4 is 5.32 Å². The minimum absolute atomic E-state index is 0.00453. The van der Waals surface area contributed by atoms with Crippen LogP contribution in [0.25, 0.3) is 0 Å². The highest BCUT2D eigenvalue weighted by atomic mass is 16.5. The number of amides is 1. The second-order valence-electron chi connectivity index (χ2n) is 9.57. The second kappa shape index (κ2) is 8.62. The van der Waals surface area contributed by atoms with Gasteiger partial charge in [0.05, 0.1) is 11.7 Å². The molecular weight excluding hydrogens is 340 g/mol. The van der Waals surface area contributed by atoms with Crippen molar-refractivity contribution in [3.63, 3.8) is 0 Å². The predicted octanol–water partition coefficient (Wildman–Crippen LogP) is 3.00. The van der Waals surface area contributed by atoms with Crippen molar-refractivity contribution in [2.45, 2.75) is 64.6 Å². The zero-order valence-electron chi connectivity index (χ0n) is 17.5. The highest BCUT2D eigenvalue weighted by Crippen LogP contribution is 2.54. The minimum Gasteiger partial charge on any atom is -0.372 e. The summed E-state index contributed by atoms with van der Waals surface area (Å²) in [6.07, 6.45) is 7.78. The van der Waals surface area contributed by atoms with E-state index in [1.54, 1.807) is 0 Å². The third-order valence-corrected chi connectivity index (χ3v) is 6.61. The molecule has 27 heavy (non-hydrogen) atoms. The van der Waals surface area contributed by atoms with Crippen LogP contribution in [0.15, 0.2) is 12.7 Å². The third-order valence-electron chi connectivity index (χ3n) is 6.61. The monoisotopic (exact) mass is 378 g/mol. The van der Waals surface area contributed by atoms with Crippen molar-refractivity contribution in [2.24, 2.45) is 17.3 Å².